The summed E-state index contributed by atoms with van der Waals surface area (Å²) in [6.07, 6.45) is 3.64. The molecule has 136 valence electrons. The van der Waals surface area contributed by atoms with Crippen LogP contribution in [-0.2, 0) is 4.79 Å². The van der Waals surface area contributed by atoms with Gasteiger partial charge in [-0.15, -0.1) is 0 Å². The topological polar surface area (TPSA) is 35.6 Å². The van der Waals surface area contributed by atoms with E-state index in [1.54, 1.807) is 0 Å². The van der Waals surface area contributed by atoms with Crippen LogP contribution in [0.1, 0.15) is 43.2 Å². The van der Waals surface area contributed by atoms with Gasteiger partial charge in [-0.3, -0.25) is 9.69 Å². The third-order valence-corrected chi connectivity index (χ3v) is 6.00. The van der Waals surface area contributed by atoms with Gasteiger partial charge in [0, 0.05) is 37.1 Å². The normalized spacial score (nSPS) is 24.9. The molecule has 1 amide bonds. The summed E-state index contributed by atoms with van der Waals surface area (Å²) >= 11 is 0. The van der Waals surface area contributed by atoms with Crippen LogP contribution in [0, 0.1) is 13.8 Å². The Kier molecular flexibility index (Phi) is 4.22. The number of carbonyl (C=O) groups is 1. The van der Waals surface area contributed by atoms with E-state index in [1.807, 2.05) is 13.8 Å². The molecular weight excluding hydrogens is 317 g/mol. The second-order valence-electron chi connectivity index (χ2n) is 8.11. The molecule has 1 aliphatic carbocycles. The van der Waals surface area contributed by atoms with Gasteiger partial charge in [-0.2, -0.15) is 0 Å². The Bertz CT molecular complexity index is 663. The Morgan fingerprint density at radius 2 is 1.96 bits per heavy atom. The predicted octanol–water partition coefficient (Wildman–Crippen LogP) is 3.42. The number of amides is 1. The van der Waals surface area contributed by atoms with Crippen LogP contribution in [-0.4, -0.2) is 48.7 Å². The van der Waals surface area contributed by atoms with Crippen molar-refractivity contribution in [1.29, 1.82) is 0 Å². The summed E-state index contributed by atoms with van der Waals surface area (Å²) in [5.41, 5.74) is 2.95. The van der Waals surface area contributed by atoms with E-state index in [9.17, 15) is 9.18 Å². The average molecular weight is 345 g/mol. The summed E-state index contributed by atoms with van der Waals surface area (Å²) in [5, 5.41) is 2.94. The number of nitrogens with zero attached hydrogens (tertiary/aromatic N) is 2. The van der Waals surface area contributed by atoms with E-state index in [0.29, 0.717) is 18.9 Å². The van der Waals surface area contributed by atoms with Crippen molar-refractivity contribution in [1.82, 2.24) is 4.90 Å². The average Bonchev–Trinajstić information content (AvgIpc) is 3.10. The maximum atomic E-state index is 13.8. The summed E-state index contributed by atoms with van der Waals surface area (Å²) in [5.74, 6) is -0.210. The Morgan fingerprint density at radius 1 is 1.24 bits per heavy atom. The summed E-state index contributed by atoms with van der Waals surface area (Å²) in [6, 6.07) is 5.01. The van der Waals surface area contributed by atoms with Crippen LogP contribution in [0.2, 0.25) is 0 Å². The van der Waals surface area contributed by atoms with E-state index >= 15 is 0 Å². The lowest BCUT2D eigenvalue weighted by molar-refractivity contribution is -0.117. The van der Waals surface area contributed by atoms with E-state index in [-0.39, 0.29) is 12.3 Å². The molecule has 25 heavy (non-hydrogen) atoms. The minimum atomic E-state index is -1.24. The van der Waals surface area contributed by atoms with Crippen LogP contribution in [0.5, 0.6) is 0 Å². The molecule has 1 atom stereocenters. The Hall–Kier alpha value is -1.62. The fourth-order valence-electron chi connectivity index (χ4n) is 4.33. The quantitative estimate of drug-likeness (QED) is 0.908. The first-order valence-electron chi connectivity index (χ1n) is 9.53. The second kappa shape index (κ2) is 6.27. The fraction of sp³-hybridized carbons (Fsp3) is 0.650. The van der Waals surface area contributed by atoms with Crippen LogP contribution < -0.4 is 10.2 Å². The van der Waals surface area contributed by atoms with Gasteiger partial charge >= 0.3 is 0 Å². The van der Waals surface area contributed by atoms with Crippen molar-refractivity contribution in [3.63, 3.8) is 0 Å². The number of hydrogen-bond acceptors (Lipinski definition) is 3. The molecule has 0 radical (unpaired) electrons. The maximum Gasteiger partial charge on any atom is 0.227 e. The molecule has 4 rings (SSSR count). The van der Waals surface area contributed by atoms with Gasteiger partial charge < -0.3 is 10.2 Å². The van der Waals surface area contributed by atoms with Gasteiger partial charge in [0.2, 0.25) is 5.91 Å². The number of aryl methyl sites for hydroxylation is 2. The van der Waals surface area contributed by atoms with Crippen molar-refractivity contribution >= 4 is 17.3 Å². The molecule has 1 aromatic carbocycles. The first-order chi connectivity index (χ1) is 11.9. The van der Waals surface area contributed by atoms with Gasteiger partial charge in [-0.1, -0.05) is 0 Å². The number of alkyl halides is 1. The zero-order chi connectivity index (χ0) is 17.6. The lowest BCUT2D eigenvalue weighted by Crippen LogP contribution is -2.50. The highest BCUT2D eigenvalue weighted by Crippen LogP contribution is 2.43. The lowest BCUT2D eigenvalue weighted by atomic mass is 10.0. The molecule has 1 N–H and O–H groups in total. The smallest absolute Gasteiger partial charge is 0.227 e. The highest BCUT2D eigenvalue weighted by atomic mass is 19.1. The lowest BCUT2D eigenvalue weighted by Gasteiger charge is -2.39. The number of rotatable bonds is 4. The van der Waals surface area contributed by atoms with Gasteiger partial charge in [0.25, 0.3) is 0 Å². The van der Waals surface area contributed by atoms with Crippen molar-refractivity contribution in [3.05, 3.63) is 23.3 Å². The first kappa shape index (κ1) is 16.8. The first-order valence-corrected chi connectivity index (χ1v) is 9.53. The third-order valence-electron chi connectivity index (χ3n) is 6.00. The molecular formula is C20H28FN3O. The zero-order valence-corrected chi connectivity index (χ0v) is 15.3. The molecule has 0 aromatic heterocycles. The summed E-state index contributed by atoms with van der Waals surface area (Å²) in [4.78, 5) is 17.2. The molecule has 1 saturated carbocycles. The summed E-state index contributed by atoms with van der Waals surface area (Å²) in [6.45, 7) is 8.60. The molecule has 2 heterocycles. The van der Waals surface area contributed by atoms with Gasteiger partial charge in [0.05, 0.1) is 6.42 Å². The van der Waals surface area contributed by atoms with Crippen LogP contribution in [0.15, 0.2) is 12.1 Å². The van der Waals surface area contributed by atoms with Crippen LogP contribution in [0.25, 0.3) is 0 Å². The molecule has 4 nitrogen and oxygen atoms in total. The standard InChI is InChI=1S/C20H28FN3O/c1-14-10-17(24-9-8-23-7-3-4-16(23)13-24)11-15(2)19(14)22-18(25)12-20(21)5-6-20/h10-11,16H,3-9,12-13H2,1-2H3,(H,22,25)/t16-/m0/s1. The van der Waals surface area contributed by atoms with Crippen molar-refractivity contribution in [2.24, 2.45) is 0 Å². The number of anilines is 2. The SMILES string of the molecule is Cc1cc(N2CCN3CCC[C@H]3C2)cc(C)c1NC(=O)CC1(F)CC1. The van der Waals surface area contributed by atoms with E-state index in [0.717, 1.165) is 36.4 Å². The summed E-state index contributed by atoms with van der Waals surface area (Å²) < 4.78 is 13.8. The van der Waals surface area contributed by atoms with Crippen molar-refractivity contribution in [2.75, 3.05) is 36.4 Å². The molecule has 3 fully saturated rings. The molecule has 0 bridgehead atoms. The maximum absolute atomic E-state index is 13.8. The Morgan fingerprint density at radius 3 is 2.64 bits per heavy atom. The highest BCUT2D eigenvalue weighted by molar-refractivity contribution is 5.93. The molecule has 0 unspecified atom stereocenters. The molecule has 3 aliphatic rings. The minimum absolute atomic E-state index is 0.0166. The van der Waals surface area contributed by atoms with Crippen molar-refractivity contribution in [2.45, 2.75) is 57.7 Å². The molecule has 2 aliphatic heterocycles. The van der Waals surface area contributed by atoms with E-state index < -0.39 is 5.67 Å². The predicted molar refractivity (Wildman–Crippen MR) is 99.0 cm³/mol. The number of hydrogen-bond donors (Lipinski definition) is 1. The zero-order valence-electron chi connectivity index (χ0n) is 15.3. The number of halogens is 1. The number of nitrogens with one attached hydrogen (secondary N) is 1. The van der Waals surface area contributed by atoms with E-state index in [2.05, 4.69) is 27.2 Å². The van der Waals surface area contributed by atoms with E-state index in [1.165, 1.54) is 25.1 Å². The number of fused-ring (bicyclic) bond motifs is 1. The highest BCUT2D eigenvalue weighted by Gasteiger charge is 2.45. The van der Waals surface area contributed by atoms with Crippen LogP contribution in [0.3, 0.4) is 0 Å². The van der Waals surface area contributed by atoms with Crippen molar-refractivity contribution < 1.29 is 9.18 Å². The number of benzene rings is 1. The van der Waals surface area contributed by atoms with Crippen LogP contribution >= 0.6 is 0 Å². The number of carbonyl (C=O) groups excluding carboxylic acids is 1. The van der Waals surface area contributed by atoms with Gasteiger partial charge in [-0.25, -0.2) is 4.39 Å². The van der Waals surface area contributed by atoms with Crippen LogP contribution in [0.4, 0.5) is 15.8 Å². The van der Waals surface area contributed by atoms with E-state index in [4.69, 9.17) is 0 Å². The Labute approximate surface area is 149 Å². The summed E-state index contributed by atoms with van der Waals surface area (Å²) in [7, 11) is 0. The van der Waals surface area contributed by atoms with Gasteiger partial charge in [0.15, 0.2) is 0 Å². The third kappa shape index (κ3) is 3.52. The fourth-order valence-corrected chi connectivity index (χ4v) is 4.33. The molecule has 5 heteroatoms. The molecule has 1 aromatic rings. The number of piperazine rings is 1. The Balaban J connectivity index is 1.47. The van der Waals surface area contributed by atoms with Gasteiger partial charge in [0.1, 0.15) is 5.67 Å². The second-order valence-corrected chi connectivity index (χ2v) is 8.11. The minimum Gasteiger partial charge on any atom is -0.369 e. The largest absolute Gasteiger partial charge is 0.369 e. The molecule has 0 spiro atoms. The van der Waals surface area contributed by atoms with Crippen molar-refractivity contribution in [3.8, 4) is 0 Å². The van der Waals surface area contributed by atoms with Gasteiger partial charge in [-0.05, 0) is 69.3 Å². The monoisotopic (exact) mass is 345 g/mol. The molecule has 2 saturated heterocycles.